The molecule has 3 atom stereocenters. The normalized spacial score (nSPS) is 25.9. The maximum absolute atomic E-state index is 13.1. The van der Waals surface area contributed by atoms with E-state index in [9.17, 15) is 4.79 Å². The number of nitrogens with zero attached hydrogens (tertiary/aromatic N) is 3. The van der Waals surface area contributed by atoms with Gasteiger partial charge < -0.3 is 10.1 Å². The number of nitrogens with one attached hydrogen (secondary N) is 1. The monoisotopic (exact) mass is 370 g/mol. The topological polar surface area (TPSA) is 59.4 Å². The van der Waals surface area contributed by atoms with Gasteiger partial charge in [-0.2, -0.15) is 5.10 Å². The molecule has 2 aromatic rings. The molecule has 0 spiro atoms. The van der Waals surface area contributed by atoms with Crippen LogP contribution in [0, 0.1) is 0 Å². The van der Waals surface area contributed by atoms with Gasteiger partial charge in [-0.05, 0) is 45.7 Å². The standard InChI is InChI=1S/C21H30N4O2/c1-4-9-24-16-10-15(11-17(24)13-27-12-16)22-21(26)20-18-7-5-6-8-19(18)25(23-20)14(2)3/h5-8,14-17H,4,9-13H2,1-3H3,(H,22,26)/t15?,16-,17+. The van der Waals surface area contributed by atoms with Gasteiger partial charge in [0.2, 0.25) is 0 Å². The molecule has 2 aliphatic heterocycles. The van der Waals surface area contributed by atoms with Gasteiger partial charge in [0.15, 0.2) is 5.69 Å². The summed E-state index contributed by atoms with van der Waals surface area (Å²) in [5.74, 6) is -0.0569. The molecule has 1 amide bonds. The van der Waals surface area contributed by atoms with Crippen LogP contribution >= 0.6 is 0 Å². The molecule has 1 aromatic heterocycles. The Bertz CT molecular complexity index is 802. The molecule has 2 saturated heterocycles. The van der Waals surface area contributed by atoms with E-state index in [0.29, 0.717) is 17.8 Å². The fraction of sp³-hybridized carbons (Fsp3) is 0.619. The predicted octanol–water partition coefficient (Wildman–Crippen LogP) is 2.99. The lowest BCUT2D eigenvalue weighted by Crippen LogP contribution is -2.60. The first-order valence-electron chi connectivity index (χ1n) is 10.2. The minimum atomic E-state index is -0.0569. The number of hydrogen-bond donors (Lipinski definition) is 1. The lowest BCUT2D eigenvalue weighted by Gasteiger charge is -2.48. The summed E-state index contributed by atoms with van der Waals surface area (Å²) in [4.78, 5) is 15.6. The van der Waals surface area contributed by atoms with Crippen molar-refractivity contribution in [3.63, 3.8) is 0 Å². The zero-order valence-electron chi connectivity index (χ0n) is 16.5. The van der Waals surface area contributed by atoms with Crippen LogP contribution in [0.15, 0.2) is 24.3 Å². The maximum atomic E-state index is 13.1. The van der Waals surface area contributed by atoms with E-state index in [1.165, 1.54) is 0 Å². The highest BCUT2D eigenvalue weighted by atomic mass is 16.5. The largest absolute Gasteiger partial charge is 0.378 e. The molecule has 27 heavy (non-hydrogen) atoms. The number of piperidine rings is 1. The molecule has 1 unspecified atom stereocenters. The summed E-state index contributed by atoms with van der Waals surface area (Å²) in [6.07, 6.45) is 3.05. The molecule has 0 radical (unpaired) electrons. The molecule has 146 valence electrons. The smallest absolute Gasteiger partial charge is 0.272 e. The summed E-state index contributed by atoms with van der Waals surface area (Å²) >= 11 is 0. The molecule has 0 saturated carbocycles. The van der Waals surface area contributed by atoms with Crippen molar-refractivity contribution >= 4 is 16.8 Å². The number of carbonyl (C=O) groups excluding carboxylic acids is 1. The lowest BCUT2D eigenvalue weighted by atomic mass is 9.89. The minimum absolute atomic E-state index is 0.0569. The first-order valence-corrected chi connectivity index (χ1v) is 10.2. The van der Waals surface area contributed by atoms with E-state index in [1.54, 1.807) is 0 Å². The first kappa shape index (κ1) is 18.4. The highest BCUT2D eigenvalue weighted by molar-refractivity contribution is 6.05. The molecule has 6 heteroatoms. The third-order valence-corrected chi connectivity index (χ3v) is 5.81. The number of carbonyl (C=O) groups is 1. The average molecular weight is 370 g/mol. The summed E-state index contributed by atoms with van der Waals surface area (Å²) in [7, 11) is 0. The maximum Gasteiger partial charge on any atom is 0.272 e. The van der Waals surface area contributed by atoms with Crippen molar-refractivity contribution in [2.24, 2.45) is 0 Å². The van der Waals surface area contributed by atoms with E-state index in [1.807, 2.05) is 28.9 Å². The highest BCUT2D eigenvalue weighted by Crippen LogP contribution is 2.28. The number of aromatic nitrogens is 2. The second kappa shape index (κ2) is 7.60. The van der Waals surface area contributed by atoms with Gasteiger partial charge in [0.05, 0.1) is 18.7 Å². The zero-order valence-corrected chi connectivity index (χ0v) is 16.5. The fourth-order valence-corrected chi connectivity index (χ4v) is 4.64. The van der Waals surface area contributed by atoms with Crippen LogP contribution in [0.1, 0.15) is 56.6 Å². The van der Waals surface area contributed by atoms with Gasteiger partial charge in [-0.1, -0.05) is 25.1 Å². The molecule has 0 aliphatic carbocycles. The number of benzene rings is 1. The summed E-state index contributed by atoms with van der Waals surface area (Å²) in [5.41, 5.74) is 1.55. The van der Waals surface area contributed by atoms with Crippen molar-refractivity contribution in [1.29, 1.82) is 0 Å². The Morgan fingerprint density at radius 1 is 1.26 bits per heavy atom. The number of rotatable bonds is 5. The second-order valence-corrected chi connectivity index (χ2v) is 8.13. The Balaban J connectivity index is 1.53. The minimum Gasteiger partial charge on any atom is -0.378 e. The molecular weight excluding hydrogens is 340 g/mol. The summed E-state index contributed by atoms with van der Waals surface area (Å²) in [6, 6.07) is 9.20. The number of amides is 1. The van der Waals surface area contributed by atoms with Crippen LogP contribution in [0.25, 0.3) is 10.9 Å². The average Bonchev–Trinajstić information content (AvgIpc) is 3.02. The second-order valence-electron chi connectivity index (χ2n) is 8.13. The van der Waals surface area contributed by atoms with Crippen LogP contribution in [0.3, 0.4) is 0 Å². The van der Waals surface area contributed by atoms with Crippen LogP contribution in [0.4, 0.5) is 0 Å². The van der Waals surface area contributed by atoms with E-state index in [0.717, 1.165) is 49.9 Å². The molecule has 2 aliphatic rings. The highest BCUT2D eigenvalue weighted by Gasteiger charge is 2.39. The van der Waals surface area contributed by atoms with Crippen LogP contribution < -0.4 is 5.32 Å². The van der Waals surface area contributed by atoms with Gasteiger partial charge in [-0.25, -0.2) is 0 Å². The van der Waals surface area contributed by atoms with Crippen molar-refractivity contribution < 1.29 is 9.53 Å². The van der Waals surface area contributed by atoms with Gasteiger partial charge in [-0.3, -0.25) is 14.4 Å². The Kier molecular flexibility index (Phi) is 5.19. The van der Waals surface area contributed by atoms with E-state index >= 15 is 0 Å². The number of para-hydroxylation sites is 1. The molecule has 2 bridgehead atoms. The Hall–Kier alpha value is -1.92. The molecule has 1 aromatic carbocycles. The lowest BCUT2D eigenvalue weighted by molar-refractivity contribution is -0.0797. The zero-order chi connectivity index (χ0) is 19.0. The van der Waals surface area contributed by atoms with Gasteiger partial charge in [-0.15, -0.1) is 0 Å². The Morgan fingerprint density at radius 3 is 2.63 bits per heavy atom. The Labute approximate surface area is 160 Å². The van der Waals surface area contributed by atoms with Crippen molar-refractivity contribution in [3.8, 4) is 0 Å². The molecule has 2 fully saturated rings. The van der Waals surface area contributed by atoms with Crippen molar-refractivity contribution in [2.45, 2.75) is 64.2 Å². The summed E-state index contributed by atoms with van der Waals surface area (Å²) in [6.45, 7) is 9.06. The van der Waals surface area contributed by atoms with Gasteiger partial charge in [0.1, 0.15) is 0 Å². The van der Waals surface area contributed by atoms with Crippen molar-refractivity contribution in [3.05, 3.63) is 30.0 Å². The van der Waals surface area contributed by atoms with E-state index in [2.05, 4.69) is 36.1 Å². The molecule has 1 N–H and O–H groups in total. The van der Waals surface area contributed by atoms with E-state index in [4.69, 9.17) is 4.74 Å². The molecule has 3 heterocycles. The van der Waals surface area contributed by atoms with Gasteiger partial charge >= 0.3 is 0 Å². The summed E-state index contributed by atoms with van der Waals surface area (Å²) in [5, 5.41) is 8.84. The van der Waals surface area contributed by atoms with Crippen LogP contribution in [-0.2, 0) is 4.74 Å². The Morgan fingerprint density at radius 2 is 1.96 bits per heavy atom. The third-order valence-electron chi connectivity index (χ3n) is 5.81. The first-order chi connectivity index (χ1) is 13.1. The van der Waals surface area contributed by atoms with E-state index < -0.39 is 0 Å². The predicted molar refractivity (Wildman–Crippen MR) is 106 cm³/mol. The van der Waals surface area contributed by atoms with Crippen LogP contribution in [-0.4, -0.2) is 58.5 Å². The van der Waals surface area contributed by atoms with E-state index in [-0.39, 0.29) is 18.0 Å². The summed E-state index contributed by atoms with van der Waals surface area (Å²) < 4.78 is 7.71. The SMILES string of the molecule is CCCN1[C@@H]2COC[C@H]1CC(NC(=O)c1nn(C(C)C)c3ccccc13)C2. The van der Waals surface area contributed by atoms with Gasteiger partial charge in [0, 0.05) is 29.6 Å². The van der Waals surface area contributed by atoms with Gasteiger partial charge in [0.25, 0.3) is 5.91 Å². The number of ether oxygens (including phenoxy) is 1. The van der Waals surface area contributed by atoms with Crippen LogP contribution in [0.2, 0.25) is 0 Å². The third kappa shape index (κ3) is 3.48. The molecule has 6 nitrogen and oxygen atoms in total. The van der Waals surface area contributed by atoms with Crippen molar-refractivity contribution in [1.82, 2.24) is 20.0 Å². The number of hydrogen-bond acceptors (Lipinski definition) is 4. The quantitative estimate of drug-likeness (QED) is 0.879. The number of fused-ring (bicyclic) bond motifs is 3. The fourth-order valence-electron chi connectivity index (χ4n) is 4.64. The molecular formula is C21H30N4O2. The number of morpholine rings is 1. The van der Waals surface area contributed by atoms with Crippen LogP contribution in [0.5, 0.6) is 0 Å². The van der Waals surface area contributed by atoms with Crippen molar-refractivity contribution in [2.75, 3.05) is 19.8 Å². The molecule has 4 rings (SSSR count).